The van der Waals surface area contributed by atoms with Crippen molar-refractivity contribution in [3.8, 4) is 0 Å². The molecular weight excluding hydrogens is 304 g/mol. The molecule has 1 spiro atoms. The second-order valence-corrected chi connectivity index (χ2v) is 7.15. The van der Waals surface area contributed by atoms with Crippen molar-refractivity contribution in [3.05, 3.63) is 29.8 Å². The van der Waals surface area contributed by atoms with E-state index in [-0.39, 0.29) is 23.3 Å². The maximum absolute atomic E-state index is 12.7. The number of likely N-dealkylation sites (tertiary alicyclic amines) is 1. The van der Waals surface area contributed by atoms with Crippen molar-refractivity contribution in [2.24, 2.45) is 5.92 Å². The molecule has 0 saturated carbocycles. The zero-order valence-corrected chi connectivity index (χ0v) is 14.5. The van der Waals surface area contributed by atoms with Crippen molar-refractivity contribution in [3.63, 3.8) is 0 Å². The molecule has 1 aromatic rings. The second-order valence-electron chi connectivity index (χ2n) is 7.15. The zero-order chi connectivity index (χ0) is 17.2. The highest BCUT2D eigenvalue weighted by atomic mass is 16.5. The van der Waals surface area contributed by atoms with Gasteiger partial charge in [0.15, 0.2) is 0 Å². The van der Waals surface area contributed by atoms with Crippen LogP contribution in [0.15, 0.2) is 24.3 Å². The maximum Gasteiger partial charge on any atom is 0.253 e. The van der Waals surface area contributed by atoms with Gasteiger partial charge >= 0.3 is 0 Å². The van der Waals surface area contributed by atoms with Crippen molar-refractivity contribution in [2.45, 2.75) is 45.1 Å². The number of carbonyl (C=O) groups is 2. The highest BCUT2D eigenvalue weighted by Gasteiger charge is 2.39. The third-order valence-corrected chi connectivity index (χ3v) is 5.05. The molecule has 2 saturated heterocycles. The summed E-state index contributed by atoms with van der Waals surface area (Å²) in [6.45, 7) is 6.02. The van der Waals surface area contributed by atoms with Gasteiger partial charge in [0.2, 0.25) is 5.91 Å². The molecule has 1 N–H and O–H groups in total. The SMILES string of the molecule is CC(C)C(=O)Nc1cccc(C(=O)N2CCC3(CCCO3)CC2)c1. The molecule has 0 aromatic heterocycles. The number of amides is 2. The van der Waals surface area contributed by atoms with Crippen LogP contribution in [0.5, 0.6) is 0 Å². The summed E-state index contributed by atoms with van der Waals surface area (Å²) >= 11 is 0. The predicted molar refractivity (Wildman–Crippen MR) is 93.0 cm³/mol. The molecular formula is C19H26N2O3. The number of ether oxygens (including phenoxy) is 1. The van der Waals surface area contributed by atoms with Crippen LogP contribution in [0.25, 0.3) is 0 Å². The van der Waals surface area contributed by atoms with Gasteiger partial charge in [-0.3, -0.25) is 9.59 Å². The Kier molecular flexibility index (Phi) is 4.90. The van der Waals surface area contributed by atoms with E-state index in [1.54, 1.807) is 6.07 Å². The van der Waals surface area contributed by atoms with Gasteiger partial charge in [0.05, 0.1) is 5.60 Å². The van der Waals surface area contributed by atoms with E-state index < -0.39 is 0 Å². The Bertz CT molecular complexity index is 611. The van der Waals surface area contributed by atoms with Crippen LogP contribution in [0.3, 0.4) is 0 Å². The van der Waals surface area contributed by atoms with Crippen molar-refractivity contribution in [1.29, 1.82) is 0 Å². The summed E-state index contributed by atoms with van der Waals surface area (Å²) in [7, 11) is 0. The van der Waals surface area contributed by atoms with Crippen LogP contribution in [-0.4, -0.2) is 42.0 Å². The van der Waals surface area contributed by atoms with Crippen molar-refractivity contribution in [1.82, 2.24) is 4.90 Å². The lowest BCUT2D eigenvalue weighted by atomic mass is 9.88. The van der Waals surface area contributed by atoms with Gasteiger partial charge in [0.1, 0.15) is 0 Å². The Labute approximate surface area is 143 Å². The summed E-state index contributed by atoms with van der Waals surface area (Å²) in [6, 6.07) is 7.20. The Morgan fingerprint density at radius 3 is 2.58 bits per heavy atom. The summed E-state index contributed by atoms with van der Waals surface area (Å²) in [4.78, 5) is 26.5. The van der Waals surface area contributed by atoms with Gasteiger partial charge < -0.3 is 15.0 Å². The van der Waals surface area contributed by atoms with Crippen molar-refractivity contribution in [2.75, 3.05) is 25.0 Å². The summed E-state index contributed by atoms with van der Waals surface area (Å²) in [5.74, 6) is -0.101. The fourth-order valence-electron chi connectivity index (χ4n) is 3.47. The third-order valence-electron chi connectivity index (χ3n) is 5.05. The number of benzene rings is 1. The molecule has 5 nitrogen and oxygen atoms in total. The van der Waals surface area contributed by atoms with Gasteiger partial charge in [-0.1, -0.05) is 19.9 Å². The summed E-state index contributed by atoms with van der Waals surface area (Å²) in [5.41, 5.74) is 1.32. The van der Waals surface area contributed by atoms with Gasteiger partial charge in [-0.15, -0.1) is 0 Å². The number of carbonyl (C=O) groups excluding carboxylic acids is 2. The molecule has 2 fully saturated rings. The van der Waals surface area contributed by atoms with E-state index in [1.807, 2.05) is 36.9 Å². The highest BCUT2D eigenvalue weighted by Crippen LogP contribution is 2.35. The standard InChI is InChI=1S/C19H26N2O3/c1-14(2)17(22)20-16-6-3-5-15(13-16)18(23)21-10-8-19(9-11-21)7-4-12-24-19/h3,5-6,13-14H,4,7-12H2,1-2H3,(H,20,22). The number of piperidine rings is 1. The molecule has 24 heavy (non-hydrogen) atoms. The average molecular weight is 330 g/mol. The maximum atomic E-state index is 12.7. The minimum atomic E-state index is -0.0888. The molecule has 5 heteroatoms. The Hall–Kier alpha value is -1.88. The van der Waals surface area contributed by atoms with Crippen LogP contribution in [0, 0.1) is 5.92 Å². The third kappa shape index (κ3) is 3.61. The minimum Gasteiger partial charge on any atom is -0.375 e. The lowest BCUT2D eigenvalue weighted by Gasteiger charge is -2.38. The van der Waals surface area contributed by atoms with Crippen LogP contribution in [0.4, 0.5) is 5.69 Å². The van der Waals surface area contributed by atoms with E-state index in [2.05, 4.69) is 5.32 Å². The molecule has 2 heterocycles. The molecule has 2 amide bonds. The molecule has 2 aliphatic rings. The molecule has 0 bridgehead atoms. The monoisotopic (exact) mass is 330 g/mol. The first-order valence-electron chi connectivity index (χ1n) is 8.83. The fraction of sp³-hybridized carbons (Fsp3) is 0.579. The van der Waals surface area contributed by atoms with Gasteiger partial charge in [0, 0.05) is 36.9 Å². The van der Waals surface area contributed by atoms with Crippen molar-refractivity contribution >= 4 is 17.5 Å². The van der Waals surface area contributed by atoms with E-state index in [0.29, 0.717) is 11.3 Å². The Balaban J connectivity index is 1.64. The largest absolute Gasteiger partial charge is 0.375 e. The molecule has 0 aliphatic carbocycles. The minimum absolute atomic E-state index is 0.0177. The normalized spacial score (nSPS) is 19.7. The van der Waals surface area contributed by atoms with Crippen LogP contribution >= 0.6 is 0 Å². The lowest BCUT2D eigenvalue weighted by molar-refractivity contribution is -0.118. The van der Waals surface area contributed by atoms with E-state index in [4.69, 9.17) is 4.74 Å². The Morgan fingerprint density at radius 2 is 1.96 bits per heavy atom. The molecule has 0 atom stereocenters. The topological polar surface area (TPSA) is 58.6 Å². The summed E-state index contributed by atoms with van der Waals surface area (Å²) in [6.07, 6.45) is 4.09. The van der Waals surface area contributed by atoms with Crippen LogP contribution < -0.4 is 5.32 Å². The van der Waals surface area contributed by atoms with Crippen LogP contribution in [0.2, 0.25) is 0 Å². The molecule has 0 radical (unpaired) electrons. The first-order chi connectivity index (χ1) is 11.5. The van der Waals surface area contributed by atoms with E-state index in [0.717, 1.165) is 45.4 Å². The quantitative estimate of drug-likeness (QED) is 0.926. The number of rotatable bonds is 3. The van der Waals surface area contributed by atoms with Crippen molar-refractivity contribution < 1.29 is 14.3 Å². The Morgan fingerprint density at radius 1 is 1.21 bits per heavy atom. The first-order valence-corrected chi connectivity index (χ1v) is 8.83. The highest BCUT2D eigenvalue weighted by molar-refractivity contribution is 5.97. The average Bonchev–Trinajstić information content (AvgIpc) is 3.03. The molecule has 1 aromatic carbocycles. The van der Waals surface area contributed by atoms with Gasteiger partial charge in [-0.25, -0.2) is 0 Å². The number of nitrogens with zero attached hydrogens (tertiary/aromatic N) is 1. The van der Waals surface area contributed by atoms with E-state index >= 15 is 0 Å². The van der Waals surface area contributed by atoms with Gasteiger partial charge in [-0.05, 0) is 43.9 Å². The smallest absolute Gasteiger partial charge is 0.253 e. The molecule has 0 unspecified atom stereocenters. The zero-order valence-electron chi connectivity index (χ0n) is 14.5. The molecule has 2 aliphatic heterocycles. The van der Waals surface area contributed by atoms with Crippen LogP contribution in [-0.2, 0) is 9.53 Å². The second kappa shape index (κ2) is 6.93. The first kappa shape index (κ1) is 17.0. The summed E-state index contributed by atoms with van der Waals surface area (Å²) in [5, 5.41) is 2.85. The number of hydrogen-bond donors (Lipinski definition) is 1. The van der Waals surface area contributed by atoms with E-state index in [1.165, 1.54) is 0 Å². The van der Waals surface area contributed by atoms with Gasteiger partial charge in [-0.2, -0.15) is 0 Å². The fourth-order valence-corrected chi connectivity index (χ4v) is 3.47. The lowest BCUT2D eigenvalue weighted by Crippen LogP contribution is -2.46. The summed E-state index contributed by atoms with van der Waals surface area (Å²) < 4.78 is 5.91. The molecule has 130 valence electrons. The number of hydrogen-bond acceptors (Lipinski definition) is 3. The van der Waals surface area contributed by atoms with Gasteiger partial charge in [0.25, 0.3) is 5.91 Å². The van der Waals surface area contributed by atoms with Crippen LogP contribution in [0.1, 0.15) is 49.9 Å². The number of nitrogens with one attached hydrogen (secondary N) is 1. The number of anilines is 1. The predicted octanol–water partition coefficient (Wildman–Crippen LogP) is 3.07. The molecule has 3 rings (SSSR count). The van der Waals surface area contributed by atoms with E-state index in [9.17, 15) is 9.59 Å².